The summed E-state index contributed by atoms with van der Waals surface area (Å²) >= 11 is 5.99. The highest BCUT2D eigenvalue weighted by Crippen LogP contribution is 2.37. The van der Waals surface area contributed by atoms with Crippen LogP contribution in [0.25, 0.3) is 0 Å². The molecule has 0 bridgehead atoms. The molecule has 23 heavy (non-hydrogen) atoms. The lowest BCUT2D eigenvalue weighted by Gasteiger charge is -2.37. The van der Waals surface area contributed by atoms with Gasteiger partial charge in [0.05, 0.1) is 6.10 Å². The largest absolute Gasteiger partial charge is 0.387 e. The Kier molecular flexibility index (Phi) is 4.95. The molecule has 0 aliphatic heterocycles. The first-order chi connectivity index (χ1) is 11.0. The summed E-state index contributed by atoms with van der Waals surface area (Å²) in [7, 11) is 0. The predicted molar refractivity (Wildman–Crippen MR) is 86.5 cm³/mol. The van der Waals surface area contributed by atoms with Crippen molar-refractivity contribution < 1.29 is 13.9 Å². The highest BCUT2D eigenvalue weighted by molar-refractivity contribution is 6.30. The Bertz CT molecular complexity index is 688. The van der Waals surface area contributed by atoms with Gasteiger partial charge in [0.25, 0.3) is 0 Å². The predicted octanol–water partition coefficient (Wildman–Crippen LogP) is 4.19. The molecule has 0 spiro atoms. The molecule has 2 aromatic carbocycles. The van der Waals surface area contributed by atoms with Crippen LogP contribution in [-0.2, 0) is 0 Å². The molecule has 0 heterocycles. The summed E-state index contributed by atoms with van der Waals surface area (Å²) in [5, 5.41) is 14.0. The van der Waals surface area contributed by atoms with Gasteiger partial charge in [0, 0.05) is 23.2 Å². The molecular formula is C18H18ClF2NO. The third-order valence-electron chi connectivity index (χ3n) is 4.38. The van der Waals surface area contributed by atoms with E-state index in [0.717, 1.165) is 36.1 Å². The first-order valence-electron chi connectivity index (χ1n) is 7.65. The van der Waals surface area contributed by atoms with Gasteiger partial charge in [0.2, 0.25) is 0 Å². The van der Waals surface area contributed by atoms with Crippen molar-refractivity contribution in [1.82, 2.24) is 5.32 Å². The molecule has 1 unspecified atom stereocenters. The van der Waals surface area contributed by atoms with Gasteiger partial charge in [-0.2, -0.15) is 0 Å². The number of rotatable bonds is 5. The molecule has 1 saturated carbocycles. The van der Waals surface area contributed by atoms with Gasteiger partial charge in [-0.3, -0.25) is 0 Å². The fraction of sp³-hybridized carbons (Fsp3) is 0.333. The van der Waals surface area contributed by atoms with E-state index in [2.05, 4.69) is 11.4 Å². The van der Waals surface area contributed by atoms with Gasteiger partial charge >= 0.3 is 0 Å². The number of hydrogen-bond donors (Lipinski definition) is 2. The number of benzene rings is 2. The molecule has 3 rings (SSSR count). The topological polar surface area (TPSA) is 32.3 Å². The van der Waals surface area contributed by atoms with E-state index in [-0.39, 0.29) is 18.2 Å². The minimum absolute atomic E-state index is 0.0109. The summed E-state index contributed by atoms with van der Waals surface area (Å²) in [5.74, 6) is -0.689. The van der Waals surface area contributed by atoms with Crippen LogP contribution in [0.2, 0.25) is 5.02 Å². The summed E-state index contributed by atoms with van der Waals surface area (Å²) in [6.45, 7) is 0.202. The van der Waals surface area contributed by atoms with Gasteiger partial charge in [0.1, 0.15) is 11.6 Å². The quantitative estimate of drug-likeness (QED) is 0.857. The lowest BCUT2D eigenvalue weighted by molar-refractivity contribution is 0.153. The first-order valence-corrected chi connectivity index (χ1v) is 8.02. The molecule has 122 valence electrons. The Morgan fingerprint density at radius 3 is 2.70 bits per heavy atom. The Balaban J connectivity index is 1.50. The Morgan fingerprint density at radius 1 is 1.17 bits per heavy atom. The van der Waals surface area contributed by atoms with Gasteiger partial charge in [-0.05, 0) is 54.7 Å². The van der Waals surface area contributed by atoms with E-state index in [4.69, 9.17) is 11.6 Å². The van der Waals surface area contributed by atoms with Crippen LogP contribution in [-0.4, -0.2) is 17.7 Å². The van der Waals surface area contributed by atoms with E-state index in [1.165, 1.54) is 5.56 Å². The minimum atomic E-state index is -1.06. The Labute approximate surface area is 139 Å². The average Bonchev–Trinajstić information content (AvgIpc) is 2.48. The fourth-order valence-electron chi connectivity index (χ4n) is 2.98. The van der Waals surface area contributed by atoms with Crippen molar-refractivity contribution in [2.45, 2.75) is 30.9 Å². The zero-order valence-corrected chi connectivity index (χ0v) is 13.2. The van der Waals surface area contributed by atoms with Gasteiger partial charge in [-0.15, -0.1) is 0 Å². The van der Waals surface area contributed by atoms with Gasteiger partial charge in [-0.25, -0.2) is 8.78 Å². The molecular weight excluding hydrogens is 320 g/mol. The number of aliphatic hydroxyl groups excluding tert-OH is 1. The Morgan fingerprint density at radius 2 is 1.96 bits per heavy atom. The fourth-order valence-corrected chi connectivity index (χ4v) is 3.17. The lowest BCUT2D eigenvalue weighted by Crippen LogP contribution is -2.42. The van der Waals surface area contributed by atoms with Crippen molar-refractivity contribution in [3.63, 3.8) is 0 Å². The summed E-state index contributed by atoms with van der Waals surface area (Å²) in [6.07, 6.45) is 0.827. The third kappa shape index (κ3) is 3.89. The highest BCUT2D eigenvalue weighted by Gasteiger charge is 2.30. The van der Waals surface area contributed by atoms with E-state index in [9.17, 15) is 13.9 Å². The monoisotopic (exact) mass is 337 g/mol. The number of halogens is 3. The van der Waals surface area contributed by atoms with Crippen LogP contribution in [0.3, 0.4) is 0 Å². The second-order valence-electron chi connectivity index (χ2n) is 6.01. The second-order valence-corrected chi connectivity index (χ2v) is 6.45. The maximum Gasteiger partial charge on any atom is 0.129 e. The van der Waals surface area contributed by atoms with Gasteiger partial charge in [0.15, 0.2) is 0 Å². The van der Waals surface area contributed by atoms with Crippen molar-refractivity contribution in [1.29, 1.82) is 0 Å². The van der Waals surface area contributed by atoms with Crippen LogP contribution >= 0.6 is 11.6 Å². The van der Waals surface area contributed by atoms with Crippen LogP contribution in [0.5, 0.6) is 0 Å². The van der Waals surface area contributed by atoms with Crippen LogP contribution in [0.1, 0.15) is 36.0 Å². The molecule has 5 heteroatoms. The third-order valence-corrected chi connectivity index (χ3v) is 4.61. The van der Waals surface area contributed by atoms with E-state index < -0.39 is 17.7 Å². The van der Waals surface area contributed by atoms with Crippen LogP contribution in [0.4, 0.5) is 8.78 Å². The van der Waals surface area contributed by atoms with Crippen molar-refractivity contribution in [3.8, 4) is 0 Å². The molecule has 0 radical (unpaired) electrons. The van der Waals surface area contributed by atoms with E-state index in [1.807, 2.05) is 18.2 Å². The number of aliphatic hydroxyl groups is 1. The van der Waals surface area contributed by atoms with Crippen molar-refractivity contribution in [2.24, 2.45) is 0 Å². The second kappa shape index (κ2) is 6.95. The molecule has 1 aliphatic carbocycles. The van der Waals surface area contributed by atoms with Crippen LogP contribution < -0.4 is 5.32 Å². The zero-order chi connectivity index (χ0) is 16.4. The summed E-state index contributed by atoms with van der Waals surface area (Å²) in [6, 6.07) is 11.2. The summed E-state index contributed by atoms with van der Waals surface area (Å²) < 4.78 is 26.7. The summed E-state index contributed by atoms with van der Waals surface area (Å²) in [5.41, 5.74) is 1.20. The zero-order valence-electron chi connectivity index (χ0n) is 12.5. The Hall–Kier alpha value is -1.49. The molecule has 0 amide bonds. The smallest absolute Gasteiger partial charge is 0.129 e. The molecule has 2 aromatic rings. The number of nitrogens with one attached hydrogen (secondary N) is 1. The molecule has 1 fully saturated rings. The van der Waals surface area contributed by atoms with Crippen molar-refractivity contribution >= 4 is 11.6 Å². The molecule has 1 aliphatic rings. The molecule has 0 saturated heterocycles. The SMILES string of the molecule is OC(CNC1CC(c2cccc(Cl)c2)C1)c1cc(F)ccc1F. The normalized spacial score (nSPS) is 21.7. The van der Waals surface area contributed by atoms with Crippen LogP contribution in [0, 0.1) is 11.6 Å². The standard InChI is InChI=1S/C18H18ClF2NO/c19-13-3-1-2-11(6-13)12-7-15(8-12)22-10-18(23)16-9-14(20)4-5-17(16)21/h1-6,9,12,15,18,22-23H,7-8,10H2. The van der Waals surface area contributed by atoms with E-state index in [1.54, 1.807) is 0 Å². The maximum absolute atomic E-state index is 13.6. The molecule has 2 nitrogen and oxygen atoms in total. The van der Waals surface area contributed by atoms with E-state index >= 15 is 0 Å². The van der Waals surface area contributed by atoms with Gasteiger partial charge < -0.3 is 10.4 Å². The summed E-state index contributed by atoms with van der Waals surface area (Å²) in [4.78, 5) is 0. The van der Waals surface area contributed by atoms with Gasteiger partial charge in [-0.1, -0.05) is 23.7 Å². The molecule has 0 aromatic heterocycles. The average molecular weight is 338 g/mol. The molecule has 1 atom stereocenters. The minimum Gasteiger partial charge on any atom is -0.387 e. The van der Waals surface area contributed by atoms with Crippen molar-refractivity contribution in [3.05, 3.63) is 70.2 Å². The lowest BCUT2D eigenvalue weighted by atomic mass is 9.76. The maximum atomic E-state index is 13.6. The highest BCUT2D eigenvalue weighted by atomic mass is 35.5. The van der Waals surface area contributed by atoms with Crippen LogP contribution in [0.15, 0.2) is 42.5 Å². The molecule has 2 N–H and O–H groups in total. The van der Waals surface area contributed by atoms with Crippen molar-refractivity contribution in [2.75, 3.05) is 6.54 Å². The van der Waals surface area contributed by atoms with E-state index in [0.29, 0.717) is 5.92 Å². The first kappa shape index (κ1) is 16.4. The number of hydrogen-bond acceptors (Lipinski definition) is 2.